The lowest BCUT2D eigenvalue weighted by Gasteiger charge is -2.19. The molecule has 1 atom stereocenters. The van der Waals surface area contributed by atoms with E-state index in [1.165, 1.54) is 11.0 Å². The maximum atomic E-state index is 11.9. The van der Waals surface area contributed by atoms with Crippen LogP contribution in [-0.4, -0.2) is 44.3 Å². The minimum absolute atomic E-state index is 0.263. The maximum Gasteiger partial charge on any atom is 0.326 e. The van der Waals surface area contributed by atoms with Crippen LogP contribution in [0.25, 0.3) is 6.08 Å². The molecular formula is C12H15N3O3. The summed E-state index contributed by atoms with van der Waals surface area (Å²) in [6.45, 7) is 0.505. The van der Waals surface area contributed by atoms with E-state index < -0.39 is 12.0 Å². The van der Waals surface area contributed by atoms with Crippen LogP contribution in [0.2, 0.25) is 0 Å². The van der Waals surface area contributed by atoms with Crippen molar-refractivity contribution in [3.63, 3.8) is 0 Å². The molecule has 1 aliphatic heterocycles. The van der Waals surface area contributed by atoms with E-state index in [9.17, 15) is 9.59 Å². The van der Waals surface area contributed by atoms with Gasteiger partial charge in [-0.1, -0.05) is 0 Å². The van der Waals surface area contributed by atoms with Crippen LogP contribution in [0, 0.1) is 0 Å². The van der Waals surface area contributed by atoms with Gasteiger partial charge in [-0.2, -0.15) is 5.10 Å². The van der Waals surface area contributed by atoms with Crippen LogP contribution in [-0.2, 0) is 16.6 Å². The number of likely N-dealkylation sites (tertiary alicyclic amines) is 1. The second-order valence-corrected chi connectivity index (χ2v) is 4.24. The Balaban J connectivity index is 2.06. The summed E-state index contributed by atoms with van der Waals surface area (Å²) in [5, 5.41) is 13.0. The molecule has 0 bridgehead atoms. The first kappa shape index (κ1) is 12.3. The van der Waals surface area contributed by atoms with Gasteiger partial charge in [0.2, 0.25) is 5.91 Å². The number of hydrogen-bond donors (Lipinski definition) is 1. The molecule has 1 fully saturated rings. The summed E-state index contributed by atoms with van der Waals surface area (Å²) < 4.78 is 1.64. The number of hydrogen-bond acceptors (Lipinski definition) is 3. The van der Waals surface area contributed by atoms with E-state index in [0.717, 1.165) is 12.1 Å². The molecule has 0 aliphatic carbocycles. The minimum atomic E-state index is -0.935. The predicted molar refractivity (Wildman–Crippen MR) is 64.6 cm³/mol. The van der Waals surface area contributed by atoms with Crippen molar-refractivity contribution in [3.05, 3.63) is 24.0 Å². The molecule has 1 aromatic heterocycles. The molecule has 1 amide bonds. The van der Waals surface area contributed by atoms with Gasteiger partial charge >= 0.3 is 5.97 Å². The molecule has 1 aromatic rings. The Labute approximate surface area is 105 Å². The molecule has 1 N–H and O–H groups in total. The standard InChI is InChI=1S/C12H15N3O3/c1-14-9(6-7-13-14)4-5-11(16)15-8-2-3-10(15)12(17)18/h4-7,10H,2-3,8H2,1H3,(H,17,18)/t10-/m1/s1. The summed E-state index contributed by atoms with van der Waals surface area (Å²) in [4.78, 5) is 24.3. The van der Waals surface area contributed by atoms with Crippen molar-refractivity contribution < 1.29 is 14.7 Å². The molecule has 0 radical (unpaired) electrons. The fourth-order valence-corrected chi connectivity index (χ4v) is 2.09. The van der Waals surface area contributed by atoms with Crippen molar-refractivity contribution in [1.82, 2.24) is 14.7 Å². The highest BCUT2D eigenvalue weighted by Crippen LogP contribution is 2.18. The van der Waals surface area contributed by atoms with Gasteiger partial charge < -0.3 is 10.0 Å². The molecule has 6 heteroatoms. The zero-order valence-electron chi connectivity index (χ0n) is 10.1. The number of aryl methyl sites for hydroxylation is 1. The number of amides is 1. The lowest BCUT2D eigenvalue weighted by Crippen LogP contribution is -2.39. The zero-order valence-corrected chi connectivity index (χ0v) is 10.1. The third kappa shape index (κ3) is 2.42. The van der Waals surface area contributed by atoms with E-state index in [1.54, 1.807) is 30.1 Å². The van der Waals surface area contributed by atoms with Crippen LogP contribution in [0.1, 0.15) is 18.5 Å². The highest BCUT2D eigenvalue weighted by molar-refractivity contribution is 5.94. The first-order valence-electron chi connectivity index (χ1n) is 5.79. The summed E-state index contributed by atoms with van der Waals surface area (Å²) in [5.41, 5.74) is 0.800. The van der Waals surface area contributed by atoms with E-state index in [-0.39, 0.29) is 5.91 Å². The number of carboxylic acids is 1. The van der Waals surface area contributed by atoms with Crippen LogP contribution in [0.5, 0.6) is 0 Å². The molecule has 1 saturated heterocycles. The van der Waals surface area contributed by atoms with Crippen LogP contribution in [0.4, 0.5) is 0 Å². The van der Waals surface area contributed by atoms with E-state index in [0.29, 0.717) is 13.0 Å². The van der Waals surface area contributed by atoms with Gasteiger partial charge in [-0.05, 0) is 25.0 Å². The average Bonchev–Trinajstić information content (AvgIpc) is 2.94. The topological polar surface area (TPSA) is 75.4 Å². The van der Waals surface area contributed by atoms with E-state index in [2.05, 4.69) is 5.10 Å². The van der Waals surface area contributed by atoms with Gasteiger partial charge in [0.25, 0.3) is 0 Å². The van der Waals surface area contributed by atoms with Crippen molar-refractivity contribution in [1.29, 1.82) is 0 Å². The summed E-state index contributed by atoms with van der Waals surface area (Å²) >= 11 is 0. The first-order chi connectivity index (χ1) is 8.59. The van der Waals surface area contributed by atoms with E-state index >= 15 is 0 Å². The molecule has 0 spiro atoms. The fraction of sp³-hybridized carbons (Fsp3) is 0.417. The minimum Gasteiger partial charge on any atom is -0.480 e. The van der Waals surface area contributed by atoms with Gasteiger partial charge in [0.15, 0.2) is 0 Å². The van der Waals surface area contributed by atoms with Crippen LogP contribution < -0.4 is 0 Å². The Hall–Kier alpha value is -2.11. The number of aliphatic carboxylic acids is 1. The third-order valence-corrected chi connectivity index (χ3v) is 3.08. The number of carbonyl (C=O) groups excluding carboxylic acids is 1. The monoisotopic (exact) mass is 249 g/mol. The summed E-state index contributed by atoms with van der Waals surface area (Å²) in [6.07, 6.45) is 5.95. The highest BCUT2D eigenvalue weighted by atomic mass is 16.4. The van der Waals surface area contributed by atoms with Gasteiger partial charge in [0.05, 0.1) is 5.69 Å². The average molecular weight is 249 g/mol. The van der Waals surface area contributed by atoms with Gasteiger partial charge in [0, 0.05) is 25.9 Å². The Morgan fingerprint density at radius 2 is 2.33 bits per heavy atom. The second-order valence-electron chi connectivity index (χ2n) is 4.24. The van der Waals surface area contributed by atoms with Gasteiger partial charge in [0.1, 0.15) is 6.04 Å². The summed E-state index contributed by atoms with van der Waals surface area (Å²) in [6, 6.07) is 1.09. The lowest BCUT2D eigenvalue weighted by molar-refractivity contribution is -0.146. The highest BCUT2D eigenvalue weighted by Gasteiger charge is 2.32. The number of rotatable bonds is 3. The van der Waals surface area contributed by atoms with Crippen molar-refractivity contribution in [3.8, 4) is 0 Å². The van der Waals surface area contributed by atoms with Gasteiger partial charge in [-0.25, -0.2) is 4.79 Å². The van der Waals surface area contributed by atoms with Crippen LogP contribution >= 0.6 is 0 Å². The molecule has 0 saturated carbocycles. The molecule has 2 rings (SSSR count). The van der Waals surface area contributed by atoms with E-state index in [4.69, 9.17) is 5.11 Å². The molecule has 18 heavy (non-hydrogen) atoms. The smallest absolute Gasteiger partial charge is 0.326 e. The van der Waals surface area contributed by atoms with Crippen molar-refractivity contribution in [2.75, 3.05) is 6.54 Å². The van der Waals surface area contributed by atoms with Gasteiger partial charge in [-0.3, -0.25) is 9.48 Å². The van der Waals surface area contributed by atoms with Crippen LogP contribution in [0.15, 0.2) is 18.3 Å². The molecule has 0 aromatic carbocycles. The molecule has 1 aliphatic rings. The third-order valence-electron chi connectivity index (χ3n) is 3.08. The Kier molecular flexibility index (Phi) is 3.45. The molecule has 6 nitrogen and oxygen atoms in total. The molecule has 2 heterocycles. The quantitative estimate of drug-likeness (QED) is 0.792. The lowest BCUT2D eigenvalue weighted by atomic mass is 10.2. The number of carbonyl (C=O) groups is 2. The first-order valence-corrected chi connectivity index (χ1v) is 5.79. The van der Waals surface area contributed by atoms with Crippen LogP contribution in [0.3, 0.4) is 0 Å². The predicted octanol–water partition coefficient (Wildman–Crippen LogP) is 0.509. The van der Waals surface area contributed by atoms with E-state index in [1.807, 2.05) is 0 Å². The SMILES string of the molecule is Cn1nccc1C=CC(=O)N1CCC[C@@H]1C(=O)O. The number of nitrogens with zero attached hydrogens (tertiary/aromatic N) is 3. The maximum absolute atomic E-state index is 11.9. The molecule has 0 unspecified atom stereocenters. The summed E-state index contributed by atoms with van der Waals surface area (Å²) in [5.74, 6) is -1.20. The summed E-state index contributed by atoms with van der Waals surface area (Å²) in [7, 11) is 1.78. The van der Waals surface area contributed by atoms with Crippen molar-refractivity contribution in [2.45, 2.75) is 18.9 Å². The molecule has 96 valence electrons. The van der Waals surface area contributed by atoms with Crippen molar-refractivity contribution >= 4 is 18.0 Å². The number of aromatic nitrogens is 2. The fourth-order valence-electron chi connectivity index (χ4n) is 2.09. The second kappa shape index (κ2) is 5.03. The largest absolute Gasteiger partial charge is 0.480 e. The number of carboxylic acid groups (broad SMARTS) is 1. The Bertz CT molecular complexity index is 493. The Morgan fingerprint density at radius 1 is 1.56 bits per heavy atom. The van der Waals surface area contributed by atoms with Gasteiger partial charge in [-0.15, -0.1) is 0 Å². The van der Waals surface area contributed by atoms with Crippen molar-refractivity contribution in [2.24, 2.45) is 7.05 Å². The molecular weight excluding hydrogens is 234 g/mol. The normalized spacial score (nSPS) is 19.6. The Morgan fingerprint density at radius 3 is 2.94 bits per heavy atom. The zero-order chi connectivity index (χ0) is 13.1.